The van der Waals surface area contributed by atoms with Crippen LogP contribution in [0, 0.1) is 12.8 Å². The lowest BCUT2D eigenvalue weighted by Gasteiger charge is -2.01. The summed E-state index contributed by atoms with van der Waals surface area (Å²) < 4.78 is 0. The summed E-state index contributed by atoms with van der Waals surface area (Å²) in [6, 6.07) is 0. The average molecular weight is 113 g/mol. The number of hydrogen-bond donors (Lipinski definition) is 0. The Bertz CT molecular complexity index is 76.5. The minimum absolute atomic E-state index is 0.215. The average Bonchev–Trinajstić information content (AvgIpc) is 1.67. The number of Topliss-reactive ketones (excluding diaryl/α,β-unsaturated/α-hetero) is 1. The van der Waals surface area contributed by atoms with Crippen molar-refractivity contribution < 1.29 is 4.79 Å². The molecule has 1 heteroatoms. The zero-order valence-electron chi connectivity index (χ0n) is 5.61. The highest BCUT2D eigenvalue weighted by atomic mass is 16.1. The van der Waals surface area contributed by atoms with Crippen LogP contribution in [0.2, 0.25) is 0 Å². The summed E-state index contributed by atoms with van der Waals surface area (Å²) in [6.07, 6.45) is 1.79. The molecular weight excluding hydrogens is 100 g/mol. The summed E-state index contributed by atoms with van der Waals surface area (Å²) in [5.41, 5.74) is 0. The lowest BCUT2D eigenvalue weighted by Crippen LogP contribution is -2.04. The summed E-state index contributed by atoms with van der Waals surface area (Å²) >= 11 is 0. The van der Waals surface area contributed by atoms with E-state index in [1.807, 2.05) is 6.92 Å². The molecular formula is C7H13O. The summed E-state index contributed by atoms with van der Waals surface area (Å²) in [5, 5.41) is 0. The second-order valence-corrected chi connectivity index (χ2v) is 2.15. The number of ketones is 1. The molecule has 0 fully saturated rings. The summed E-state index contributed by atoms with van der Waals surface area (Å²) in [5.74, 6) is 0.487. The summed E-state index contributed by atoms with van der Waals surface area (Å²) in [6.45, 7) is 7.22. The lowest BCUT2D eigenvalue weighted by molar-refractivity contribution is -0.120. The van der Waals surface area contributed by atoms with Crippen LogP contribution in [0.3, 0.4) is 0 Å². The first-order valence-corrected chi connectivity index (χ1v) is 2.98. The topological polar surface area (TPSA) is 17.1 Å². The van der Waals surface area contributed by atoms with Crippen molar-refractivity contribution in [3.8, 4) is 0 Å². The van der Waals surface area contributed by atoms with E-state index < -0.39 is 0 Å². The van der Waals surface area contributed by atoms with Crippen LogP contribution in [0.1, 0.15) is 26.7 Å². The molecule has 0 aromatic rings. The van der Waals surface area contributed by atoms with Gasteiger partial charge in [-0.25, -0.2) is 0 Å². The van der Waals surface area contributed by atoms with E-state index in [1.54, 1.807) is 6.92 Å². The van der Waals surface area contributed by atoms with Crippen LogP contribution in [-0.4, -0.2) is 5.78 Å². The minimum Gasteiger partial charge on any atom is -0.300 e. The highest BCUT2D eigenvalue weighted by Crippen LogP contribution is 2.04. The monoisotopic (exact) mass is 113 g/mol. The van der Waals surface area contributed by atoms with Crippen molar-refractivity contribution in [3.05, 3.63) is 6.92 Å². The third kappa shape index (κ3) is 2.78. The summed E-state index contributed by atoms with van der Waals surface area (Å²) in [4.78, 5) is 10.5. The molecule has 0 rings (SSSR count). The molecule has 0 saturated heterocycles. The van der Waals surface area contributed by atoms with Gasteiger partial charge < -0.3 is 0 Å². The Kier molecular flexibility index (Phi) is 3.49. The van der Waals surface area contributed by atoms with Crippen LogP contribution in [0.25, 0.3) is 0 Å². The van der Waals surface area contributed by atoms with Crippen LogP contribution in [-0.2, 0) is 4.79 Å². The zero-order chi connectivity index (χ0) is 6.57. The maximum absolute atomic E-state index is 10.5. The fourth-order valence-electron chi connectivity index (χ4n) is 0.509. The number of carbonyl (C=O) groups excluding carboxylic acids is 1. The third-order valence-electron chi connectivity index (χ3n) is 1.33. The van der Waals surface area contributed by atoms with Gasteiger partial charge in [0.25, 0.3) is 0 Å². The second kappa shape index (κ2) is 3.65. The molecule has 1 nitrogen and oxygen atoms in total. The molecule has 1 unspecified atom stereocenters. The van der Waals surface area contributed by atoms with Crippen LogP contribution in [0.15, 0.2) is 0 Å². The van der Waals surface area contributed by atoms with E-state index in [4.69, 9.17) is 0 Å². The van der Waals surface area contributed by atoms with Crippen LogP contribution in [0.4, 0.5) is 0 Å². The van der Waals surface area contributed by atoms with Crippen molar-refractivity contribution in [2.75, 3.05) is 0 Å². The van der Waals surface area contributed by atoms with Gasteiger partial charge in [0.1, 0.15) is 5.78 Å². The first-order chi connectivity index (χ1) is 3.68. The van der Waals surface area contributed by atoms with Crippen molar-refractivity contribution in [1.82, 2.24) is 0 Å². The molecule has 0 aromatic carbocycles. The van der Waals surface area contributed by atoms with Gasteiger partial charge >= 0.3 is 0 Å². The molecule has 0 aromatic heterocycles. The highest BCUT2D eigenvalue weighted by Gasteiger charge is 2.03. The third-order valence-corrected chi connectivity index (χ3v) is 1.33. The molecule has 0 amide bonds. The Balaban J connectivity index is 3.32. The van der Waals surface area contributed by atoms with E-state index in [9.17, 15) is 4.79 Å². The molecule has 0 aliphatic carbocycles. The van der Waals surface area contributed by atoms with Gasteiger partial charge in [-0.2, -0.15) is 0 Å². The molecule has 1 radical (unpaired) electrons. The van der Waals surface area contributed by atoms with Crippen molar-refractivity contribution >= 4 is 5.78 Å². The minimum atomic E-state index is 0.215. The van der Waals surface area contributed by atoms with Gasteiger partial charge in [0.2, 0.25) is 0 Å². The smallest absolute Gasteiger partial charge is 0.132 e. The van der Waals surface area contributed by atoms with E-state index in [1.165, 1.54) is 0 Å². The van der Waals surface area contributed by atoms with E-state index in [-0.39, 0.29) is 11.7 Å². The first kappa shape index (κ1) is 7.67. The van der Waals surface area contributed by atoms with Gasteiger partial charge in [0, 0.05) is 5.92 Å². The molecule has 0 aliphatic heterocycles. The lowest BCUT2D eigenvalue weighted by atomic mass is 10.0. The van der Waals surface area contributed by atoms with Crippen molar-refractivity contribution in [2.45, 2.75) is 26.7 Å². The van der Waals surface area contributed by atoms with Gasteiger partial charge in [-0.1, -0.05) is 20.3 Å². The Morgan fingerprint density at radius 1 is 1.75 bits per heavy atom. The molecule has 0 spiro atoms. The predicted molar refractivity (Wildman–Crippen MR) is 34.4 cm³/mol. The largest absolute Gasteiger partial charge is 0.300 e. The maximum Gasteiger partial charge on any atom is 0.132 e. The van der Waals surface area contributed by atoms with Crippen molar-refractivity contribution in [2.24, 2.45) is 5.92 Å². The van der Waals surface area contributed by atoms with Gasteiger partial charge in [-0.3, -0.25) is 4.79 Å². The van der Waals surface area contributed by atoms with Gasteiger partial charge in [0.05, 0.1) is 0 Å². The fourth-order valence-corrected chi connectivity index (χ4v) is 0.509. The Morgan fingerprint density at radius 3 is 2.38 bits per heavy atom. The van der Waals surface area contributed by atoms with Crippen LogP contribution < -0.4 is 0 Å². The number of hydrogen-bond acceptors (Lipinski definition) is 1. The molecule has 8 heavy (non-hydrogen) atoms. The molecule has 47 valence electrons. The molecule has 0 heterocycles. The van der Waals surface area contributed by atoms with E-state index >= 15 is 0 Å². The standard InChI is InChI=1S/C7H13O/c1-4-5-6(2)7(3)8/h6H,1,4-5H2,2-3H3. The summed E-state index contributed by atoms with van der Waals surface area (Å²) in [7, 11) is 0. The van der Waals surface area contributed by atoms with Crippen molar-refractivity contribution in [3.63, 3.8) is 0 Å². The Hall–Kier alpha value is -0.330. The predicted octanol–water partition coefficient (Wildman–Crippen LogP) is 1.83. The molecule has 1 atom stereocenters. The van der Waals surface area contributed by atoms with Gasteiger partial charge in [-0.05, 0) is 13.3 Å². The van der Waals surface area contributed by atoms with Gasteiger partial charge in [-0.15, -0.1) is 0 Å². The van der Waals surface area contributed by atoms with Gasteiger partial charge in [0.15, 0.2) is 0 Å². The highest BCUT2D eigenvalue weighted by molar-refractivity contribution is 5.77. The van der Waals surface area contributed by atoms with E-state index in [0.29, 0.717) is 0 Å². The molecule has 0 bridgehead atoms. The number of carbonyl (C=O) groups is 1. The van der Waals surface area contributed by atoms with Crippen LogP contribution >= 0.6 is 0 Å². The zero-order valence-corrected chi connectivity index (χ0v) is 5.61. The molecule has 0 N–H and O–H groups in total. The second-order valence-electron chi connectivity index (χ2n) is 2.15. The maximum atomic E-state index is 10.5. The fraction of sp³-hybridized carbons (Fsp3) is 0.714. The van der Waals surface area contributed by atoms with E-state index in [2.05, 4.69) is 6.92 Å². The van der Waals surface area contributed by atoms with Crippen molar-refractivity contribution in [1.29, 1.82) is 0 Å². The SMILES string of the molecule is [CH2]CCC(C)C(C)=O. The first-order valence-electron chi connectivity index (χ1n) is 2.98. The molecule has 0 aliphatic rings. The molecule has 0 saturated carbocycles. The number of rotatable bonds is 3. The normalized spacial score (nSPS) is 13.4. The quantitative estimate of drug-likeness (QED) is 0.545. The van der Waals surface area contributed by atoms with Crippen LogP contribution in [0.5, 0.6) is 0 Å². The Morgan fingerprint density at radius 2 is 2.25 bits per heavy atom. The van der Waals surface area contributed by atoms with E-state index in [0.717, 1.165) is 12.8 Å². The Labute approximate surface area is 51.1 Å².